The maximum absolute atomic E-state index is 5.19. The molecular weight excluding hydrogens is 635 g/mol. The van der Waals surface area contributed by atoms with Crippen LogP contribution in [0.3, 0.4) is 0 Å². The summed E-state index contributed by atoms with van der Waals surface area (Å²) in [5, 5.41) is 9.80. The molecular formula is C47H37N5. The maximum Gasteiger partial charge on any atom is 0.137 e. The quantitative estimate of drug-likeness (QED) is 0.191. The van der Waals surface area contributed by atoms with Gasteiger partial charge < -0.3 is 5.32 Å². The Morgan fingerprint density at radius 1 is 0.558 bits per heavy atom. The molecule has 2 N–H and O–H groups in total. The number of hydrogen-bond acceptors (Lipinski definition) is 4. The van der Waals surface area contributed by atoms with Crippen LogP contribution in [0.15, 0.2) is 169 Å². The van der Waals surface area contributed by atoms with Crippen LogP contribution in [0.2, 0.25) is 0 Å². The lowest BCUT2D eigenvalue weighted by Gasteiger charge is -2.32. The number of hydrogen-bond donors (Lipinski definition) is 2. The first-order valence-corrected chi connectivity index (χ1v) is 18.0. The summed E-state index contributed by atoms with van der Waals surface area (Å²) in [6.07, 6.45) is 1.65. The van der Waals surface area contributed by atoms with Gasteiger partial charge in [0, 0.05) is 27.9 Å². The third kappa shape index (κ3) is 4.89. The van der Waals surface area contributed by atoms with Crippen molar-refractivity contribution in [1.82, 2.24) is 20.2 Å². The van der Waals surface area contributed by atoms with Crippen LogP contribution in [-0.4, -0.2) is 15.4 Å². The molecule has 2 atom stereocenters. The summed E-state index contributed by atoms with van der Waals surface area (Å²) >= 11 is 0. The van der Waals surface area contributed by atoms with Gasteiger partial charge in [-0.15, -0.1) is 0 Å². The van der Waals surface area contributed by atoms with Gasteiger partial charge >= 0.3 is 0 Å². The number of aliphatic imine (C=N–C) groups is 1. The zero-order valence-electron chi connectivity index (χ0n) is 29.1. The number of nitrogens with zero attached hydrogens (tertiary/aromatic N) is 3. The van der Waals surface area contributed by atoms with E-state index < -0.39 is 0 Å². The highest BCUT2D eigenvalue weighted by atomic mass is 15.3. The number of pyridine rings is 1. The highest BCUT2D eigenvalue weighted by Crippen LogP contribution is 2.51. The number of aromatic nitrogens is 2. The molecule has 52 heavy (non-hydrogen) atoms. The lowest BCUT2D eigenvalue weighted by atomic mass is 9.82. The normalized spacial score (nSPS) is 17.4. The van der Waals surface area contributed by atoms with Gasteiger partial charge in [0.05, 0.1) is 11.0 Å². The van der Waals surface area contributed by atoms with Crippen LogP contribution >= 0.6 is 0 Å². The molecule has 0 saturated heterocycles. The SMILES string of the molecule is CC1(C)c2ccccc2-c2cc3c4ccc(-c5ccccc5)cc4n(-c4ccc(C5=NC(c6ccccc6)NC(c6ccccc6)N5)cn4)c3cc21. The fourth-order valence-electron chi connectivity index (χ4n) is 8.26. The second-order valence-electron chi connectivity index (χ2n) is 14.4. The minimum atomic E-state index is -0.203. The maximum atomic E-state index is 5.19. The Balaban J connectivity index is 1.13. The molecule has 1 aliphatic heterocycles. The summed E-state index contributed by atoms with van der Waals surface area (Å²) in [6.45, 7) is 4.68. The van der Waals surface area contributed by atoms with Gasteiger partial charge in [0.2, 0.25) is 0 Å². The molecule has 6 aromatic carbocycles. The molecule has 0 bridgehead atoms. The van der Waals surface area contributed by atoms with Gasteiger partial charge in [-0.1, -0.05) is 141 Å². The fourth-order valence-corrected chi connectivity index (χ4v) is 8.26. The molecule has 10 rings (SSSR count). The summed E-state index contributed by atoms with van der Waals surface area (Å²) in [5.41, 5.74) is 13.1. The van der Waals surface area contributed by atoms with E-state index in [2.05, 4.69) is 175 Å². The van der Waals surface area contributed by atoms with Crippen LogP contribution in [0.1, 0.15) is 54.0 Å². The molecule has 2 unspecified atom stereocenters. The van der Waals surface area contributed by atoms with Crippen molar-refractivity contribution in [2.75, 3.05) is 0 Å². The molecule has 0 spiro atoms. The Hall–Kier alpha value is -6.30. The lowest BCUT2D eigenvalue weighted by Crippen LogP contribution is -2.45. The Morgan fingerprint density at radius 2 is 1.23 bits per heavy atom. The fraction of sp³-hybridized carbons (Fsp3) is 0.106. The first-order valence-electron chi connectivity index (χ1n) is 18.0. The van der Waals surface area contributed by atoms with Crippen molar-refractivity contribution >= 4 is 27.6 Å². The number of fused-ring (bicyclic) bond motifs is 6. The summed E-state index contributed by atoms with van der Waals surface area (Å²) in [7, 11) is 0. The second kappa shape index (κ2) is 11.9. The average molecular weight is 672 g/mol. The monoisotopic (exact) mass is 671 g/mol. The van der Waals surface area contributed by atoms with E-state index >= 15 is 0 Å². The van der Waals surface area contributed by atoms with E-state index in [1.165, 1.54) is 44.2 Å². The van der Waals surface area contributed by atoms with Gasteiger partial charge in [0.1, 0.15) is 24.0 Å². The van der Waals surface area contributed by atoms with E-state index in [0.717, 1.165) is 39.4 Å². The molecule has 2 aromatic heterocycles. The molecule has 8 aromatic rings. The molecule has 5 nitrogen and oxygen atoms in total. The van der Waals surface area contributed by atoms with Crippen LogP contribution in [0.4, 0.5) is 0 Å². The smallest absolute Gasteiger partial charge is 0.137 e. The number of benzene rings is 6. The van der Waals surface area contributed by atoms with E-state index in [9.17, 15) is 0 Å². The highest BCUT2D eigenvalue weighted by Gasteiger charge is 2.36. The third-order valence-corrected chi connectivity index (χ3v) is 10.9. The molecule has 250 valence electrons. The average Bonchev–Trinajstić information content (AvgIpc) is 3.65. The molecule has 0 radical (unpaired) electrons. The molecule has 2 aliphatic rings. The summed E-state index contributed by atoms with van der Waals surface area (Å²) in [4.78, 5) is 10.3. The van der Waals surface area contributed by atoms with Gasteiger partial charge in [-0.3, -0.25) is 9.88 Å². The van der Waals surface area contributed by atoms with Crippen LogP contribution in [0.25, 0.3) is 49.9 Å². The number of rotatable bonds is 5. The van der Waals surface area contributed by atoms with E-state index in [-0.39, 0.29) is 17.7 Å². The standard InChI is InChI=1S/C47H37N5/c1-47(2)39-21-13-12-20-35(39)37-27-38-36-24-22-33(30-14-6-3-7-15-30)26-41(36)52(42(38)28-40(37)47)43-25-23-34(29-48-43)46-50-44(31-16-8-4-9-17-31)49-45(51-46)32-18-10-5-11-19-32/h3-29,44-45,49H,1-2H3,(H,50,51). The first kappa shape index (κ1) is 30.5. The molecule has 0 amide bonds. The number of nitrogens with one attached hydrogen (secondary N) is 2. The summed E-state index contributed by atoms with van der Waals surface area (Å²) < 4.78 is 2.34. The third-order valence-electron chi connectivity index (χ3n) is 10.9. The van der Waals surface area contributed by atoms with E-state index in [0.29, 0.717) is 0 Å². The van der Waals surface area contributed by atoms with Gasteiger partial charge in [-0.2, -0.15) is 0 Å². The topological polar surface area (TPSA) is 54.2 Å². The van der Waals surface area contributed by atoms with E-state index in [1.807, 2.05) is 18.3 Å². The van der Waals surface area contributed by atoms with Gasteiger partial charge in [0.25, 0.3) is 0 Å². The highest BCUT2D eigenvalue weighted by molar-refractivity contribution is 6.12. The van der Waals surface area contributed by atoms with E-state index in [4.69, 9.17) is 9.98 Å². The van der Waals surface area contributed by atoms with Crippen molar-refractivity contribution in [1.29, 1.82) is 0 Å². The van der Waals surface area contributed by atoms with E-state index in [1.54, 1.807) is 0 Å². The molecule has 0 fully saturated rings. The minimum absolute atomic E-state index is 0.109. The van der Waals surface area contributed by atoms with Crippen LogP contribution in [0.5, 0.6) is 0 Å². The molecule has 0 saturated carbocycles. The largest absolute Gasteiger partial charge is 0.350 e. The minimum Gasteiger partial charge on any atom is -0.350 e. The van der Waals surface area contributed by atoms with Crippen molar-refractivity contribution < 1.29 is 0 Å². The van der Waals surface area contributed by atoms with Gasteiger partial charge in [-0.05, 0) is 74.8 Å². The Bertz CT molecular complexity index is 2640. The first-order chi connectivity index (χ1) is 25.5. The zero-order chi connectivity index (χ0) is 34.8. The van der Waals surface area contributed by atoms with Crippen LogP contribution in [-0.2, 0) is 5.41 Å². The van der Waals surface area contributed by atoms with Crippen LogP contribution in [0, 0.1) is 0 Å². The predicted molar refractivity (Wildman–Crippen MR) is 213 cm³/mol. The Kier molecular flexibility index (Phi) is 6.98. The van der Waals surface area contributed by atoms with Crippen molar-refractivity contribution in [3.05, 3.63) is 192 Å². The Labute approximate surface area is 303 Å². The zero-order valence-corrected chi connectivity index (χ0v) is 29.1. The van der Waals surface area contributed by atoms with Crippen molar-refractivity contribution in [2.24, 2.45) is 4.99 Å². The molecule has 3 heterocycles. The Morgan fingerprint density at radius 3 is 1.98 bits per heavy atom. The van der Waals surface area contributed by atoms with Crippen molar-refractivity contribution in [3.63, 3.8) is 0 Å². The number of amidine groups is 1. The summed E-state index contributed by atoms with van der Waals surface area (Å²) in [5.74, 6) is 1.68. The van der Waals surface area contributed by atoms with Gasteiger partial charge in [0.15, 0.2) is 0 Å². The van der Waals surface area contributed by atoms with Gasteiger partial charge in [-0.25, -0.2) is 9.98 Å². The van der Waals surface area contributed by atoms with Crippen molar-refractivity contribution in [3.8, 4) is 28.1 Å². The molecule has 5 heteroatoms. The summed E-state index contributed by atoms with van der Waals surface area (Å²) in [6, 6.07) is 56.3. The van der Waals surface area contributed by atoms with Crippen LogP contribution < -0.4 is 10.6 Å². The second-order valence-corrected chi connectivity index (χ2v) is 14.4. The molecule has 1 aliphatic carbocycles. The predicted octanol–water partition coefficient (Wildman–Crippen LogP) is 10.5. The van der Waals surface area contributed by atoms with Crippen molar-refractivity contribution in [2.45, 2.75) is 31.6 Å². The lowest BCUT2D eigenvalue weighted by molar-refractivity contribution is 0.409.